The summed E-state index contributed by atoms with van der Waals surface area (Å²) in [4.78, 5) is 37.9. The molecule has 0 saturated heterocycles. The third kappa shape index (κ3) is 5.56. The number of para-hydroxylation sites is 1. The minimum Gasteiger partial charge on any atom is -0.493 e. The average molecular weight is 518 g/mol. The monoisotopic (exact) mass is 517 g/mol. The fraction of sp³-hybridized carbons (Fsp3) is 0.276. The molecule has 3 aromatic rings. The highest BCUT2D eigenvalue weighted by molar-refractivity contribution is 5.93. The standard InChI is InChI=1S/C29H31N3O6/c1-17(33)31-22-12-10-18-14-25(36-2)28(37-3)29(38-4)27(18)20-11-13-23(24(34)15-21(20)22)30-16-26(35)32-19-8-6-5-7-9-19/h5-9,11,13-15,22H,10,12,16H2,1-4H3,(H,30,34)(H,31,33)(H,32,35). The zero-order valence-corrected chi connectivity index (χ0v) is 21.8. The van der Waals surface area contributed by atoms with E-state index in [4.69, 9.17) is 14.2 Å². The van der Waals surface area contributed by atoms with Crippen LogP contribution < -0.4 is 35.6 Å². The number of methoxy groups -OCH3 is 3. The van der Waals surface area contributed by atoms with Gasteiger partial charge in [-0.2, -0.15) is 0 Å². The first-order chi connectivity index (χ1) is 18.4. The Balaban J connectivity index is 1.79. The van der Waals surface area contributed by atoms with Crippen LogP contribution in [0.1, 0.15) is 30.5 Å². The van der Waals surface area contributed by atoms with Gasteiger partial charge in [-0.25, -0.2) is 0 Å². The molecular formula is C29H31N3O6. The van der Waals surface area contributed by atoms with Crippen LogP contribution in [-0.4, -0.2) is 39.7 Å². The van der Waals surface area contributed by atoms with Gasteiger partial charge in [0.15, 0.2) is 11.5 Å². The van der Waals surface area contributed by atoms with E-state index in [1.54, 1.807) is 32.4 Å². The molecule has 0 heterocycles. The van der Waals surface area contributed by atoms with Crippen LogP contribution in [0.15, 0.2) is 59.4 Å². The summed E-state index contributed by atoms with van der Waals surface area (Å²) in [6.07, 6.45) is 1.16. The largest absolute Gasteiger partial charge is 0.493 e. The Morgan fingerprint density at radius 1 is 0.947 bits per heavy atom. The normalized spacial score (nSPS) is 13.7. The summed E-state index contributed by atoms with van der Waals surface area (Å²) >= 11 is 0. The van der Waals surface area contributed by atoms with Crippen LogP contribution in [0.25, 0.3) is 11.1 Å². The lowest BCUT2D eigenvalue weighted by Gasteiger charge is -2.19. The van der Waals surface area contributed by atoms with Gasteiger partial charge in [0.25, 0.3) is 0 Å². The fourth-order valence-corrected chi connectivity index (χ4v) is 4.76. The summed E-state index contributed by atoms with van der Waals surface area (Å²) in [6.45, 7) is 1.35. The molecule has 0 radical (unpaired) electrons. The van der Waals surface area contributed by atoms with Crippen molar-refractivity contribution in [1.82, 2.24) is 5.32 Å². The number of fused-ring (bicyclic) bond motifs is 3. The van der Waals surface area contributed by atoms with Crippen molar-refractivity contribution in [2.24, 2.45) is 0 Å². The summed E-state index contributed by atoms with van der Waals surface area (Å²) in [5.74, 6) is 0.941. The first-order valence-electron chi connectivity index (χ1n) is 12.2. The van der Waals surface area contributed by atoms with E-state index in [9.17, 15) is 14.4 Å². The van der Waals surface area contributed by atoms with E-state index < -0.39 is 6.04 Å². The average Bonchev–Trinajstić information content (AvgIpc) is 3.15. The van der Waals surface area contributed by atoms with Crippen LogP contribution in [0, 0.1) is 0 Å². The molecule has 0 aromatic heterocycles. The van der Waals surface area contributed by atoms with Crippen molar-refractivity contribution < 1.29 is 23.8 Å². The summed E-state index contributed by atoms with van der Waals surface area (Å²) in [5, 5.41) is 8.72. The van der Waals surface area contributed by atoms with Crippen molar-refractivity contribution >= 4 is 23.2 Å². The predicted molar refractivity (Wildman–Crippen MR) is 146 cm³/mol. The van der Waals surface area contributed by atoms with Gasteiger partial charge in [0, 0.05) is 18.2 Å². The van der Waals surface area contributed by atoms with E-state index in [0.29, 0.717) is 46.9 Å². The Bertz CT molecular complexity index is 1410. The number of hydrogen-bond donors (Lipinski definition) is 3. The molecule has 0 spiro atoms. The first kappa shape index (κ1) is 26.5. The van der Waals surface area contributed by atoms with Gasteiger partial charge in [-0.3, -0.25) is 14.4 Å². The molecule has 0 bridgehead atoms. The highest BCUT2D eigenvalue weighted by Gasteiger charge is 2.29. The van der Waals surface area contributed by atoms with E-state index in [1.165, 1.54) is 20.1 Å². The Hall–Kier alpha value is -4.53. The maximum absolute atomic E-state index is 13.3. The molecule has 2 amide bonds. The van der Waals surface area contributed by atoms with Crippen LogP contribution >= 0.6 is 0 Å². The van der Waals surface area contributed by atoms with E-state index in [0.717, 1.165) is 11.1 Å². The molecule has 9 heteroatoms. The molecule has 0 aliphatic heterocycles. The minimum absolute atomic E-state index is 0.0983. The molecule has 1 unspecified atom stereocenters. The number of carbonyl (C=O) groups is 2. The number of anilines is 2. The second-order valence-corrected chi connectivity index (χ2v) is 8.86. The SMILES string of the molecule is COc1cc2c(c(OC)c1OC)-c1ccc(NCC(=O)Nc3ccccc3)c(=O)cc1C(NC(C)=O)CC2. The summed E-state index contributed by atoms with van der Waals surface area (Å²) in [7, 11) is 4.64. The lowest BCUT2D eigenvalue weighted by molar-refractivity contribution is -0.119. The smallest absolute Gasteiger partial charge is 0.243 e. The van der Waals surface area contributed by atoms with Crippen LogP contribution in [0.3, 0.4) is 0 Å². The van der Waals surface area contributed by atoms with Gasteiger partial charge in [-0.05, 0) is 59.9 Å². The molecule has 198 valence electrons. The van der Waals surface area contributed by atoms with Crippen molar-refractivity contribution in [1.29, 1.82) is 0 Å². The topological polar surface area (TPSA) is 115 Å². The van der Waals surface area contributed by atoms with Gasteiger partial charge in [0.05, 0.1) is 39.6 Å². The number of rotatable bonds is 8. The van der Waals surface area contributed by atoms with E-state index >= 15 is 0 Å². The maximum Gasteiger partial charge on any atom is 0.243 e. The van der Waals surface area contributed by atoms with Gasteiger partial charge in [0.2, 0.25) is 23.0 Å². The molecule has 0 saturated carbocycles. The number of hydrogen-bond acceptors (Lipinski definition) is 7. The highest BCUT2D eigenvalue weighted by atomic mass is 16.5. The van der Waals surface area contributed by atoms with Crippen molar-refractivity contribution in [3.05, 3.63) is 75.9 Å². The summed E-state index contributed by atoms with van der Waals surface area (Å²) in [5.41, 5.74) is 3.67. The third-order valence-corrected chi connectivity index (χ3v) is 6.41. The molecular weight excluding hydrogens is 486 g/mol. The Labute approximate surface area is 221 Å². The lowest BCUT2D eigenvalue weighted by Crippen LogP contribution is -2.27. The molecule has 4 rings (SSSR count). The molecule has 38 heavy (non-hydrogen) atoms. The van der Waals surface area contributed by atoms with Crippen molar-refractivity contribution in [3.8, 4) is 28.4 Å². The van der Waals surface area contributed by atoms with E-state index in [1.807, 2.05) is 30.3 Å². The summed E-state index contributed by atoms with van der Waals surface area (Å²) < 4.78 is 17.0. The van der Waals surface area contributed by atoms with Crippen LogP contribution in [0.2, 0.25) is 0 Å². The fourth-order valence-electron chi connectivity index (χ4n) is 4.76. The number of aryl methyl sites for hydroxylation is 1. The van der Waals surface area contributed by atoms with Gasteiger partial charge < -0.3 is 30.2 Å². The predicted octanol–water partition coefficient (Wildman–Crippen LogP) is 3.91. The maximum atomic E-state index is 13.3. The van der Waals surface area contributed by atoms with Crippen molar-refractivity contribution in [2.45, 2.75) is 25.8 Å². The third-order valence-electron chi connectivity index (χ3n) is 6.41. The number of nitrogens with one attached hydrogen (secondary N) is 3. The van der Waals surface area contributed by atoms with Crippen LogP contribution in [0.4, 0.5) is 11.4 Å². The van der Waals surface area contributed by atoms with Gasteiger partial charge >= 0.3 is 0 Å². The summed E-state index contributed by atoms with van der Waals surface area (Å²) in [6, 6.07) is 15.5. The molecule has 3 N–H and O–H groups in total. The van der Waals surface area contributed by atoms with Gasteiger partial charge in [-0.15, -0.1) is 0 Å². The highest BCUT2D eigenvalue weighted by Crippen LogP contribution is 2.50. The number of carbonyl (C=O) groups excluding carboxylic acids is 2. The molecule has 0 fully saturated rings. The van der Waals surface area contributed by atoms with E-state index in [-0.39, 0.29) is 29.5 Å². The molecule has 1 atom stereocenters. The first-order valence-corrected chi connectivity index (χ1v) is 12.2. The molecule has 1 aliphatic carbocycles. The van der Waals surface area contributed by atoms with E-state index in [2.05, 4.69) is 16.0 Å². The quantitative estimate of drug-likeness (QED) is 0.415. The van der Waals surface area contributed by atoms with Crippen molar-refractivity contribution in [2.75, 3.05) is 38.5 Å². The number of amides is 2. The lowest BCUT2D eigenvalue weighted by atomic mass is 9.95. The molecule has 9 nitrogen and oxygen atoms in total. The Kier molecular flexibility index (Phi) is 8.15. The number of ether oxygens (including phenoxy) is 3. The Morgan fingerprint density at radius 2 is 1.68 bits per heavy atom. The number of benzene rings is 2. The van der Waals surface area contributed by atoms with Crippen molar-refractivity contribution in [3.63, 3.8) is 0 Å². The minimum atomic E-state index is -0.411. The zero-order valence-electron chi connectivity index (χ0n) is 21.8. The molecule has 1 aliphatic rings. The van der Waals surface area contributed by atoms with Gasteiger partial charge in [0.1, 0.15) is 0 Å². The van der Waals surface area contributed by atoms with Crippen LogP contribution in [-0.2, 0) is 16.0 Å². The Morgan fingerprint density at radius 3 is 2.34 bits per heavy atom. The second-order valence-electron chi connectivity index (χ2n) is 8.86. The second kappa shape index (κ2) is 11.7. The zero-order chi connectivity index (χ0) is 27.2. The molecule has 3 aromatic carbocycles. The van der Waals surface area contributed by atoms with Crippen LogP contribution in [0.5, 0.6) is 17.2 Å². The van der Waals surface area contributed by atoms with Gasteiger partial charge in [-0.1, -0.05) is 24.3 Å².